The molecule has 1 aromatic heterocycles. The predicted octanol–water partition coefficient (Wildman–Crippen LogP) is 4.49. The van der Waals surface area contributed by atoms with Gasteiger partial charge in [-0.25, -0.2) is 8.42 Å². The van der Waals surface area contributed by atoms with Crippen LogP contribution in [0.25, 0.3) is 11.3 Å². The molecule has 3 aromatic rings. The molecule has 0 aliphatic carbocycles. The highest BCUT2D eigenvalue weighted by atomic mass is 35.5. The third kappa shape index (κ3) is 6.86. The van der Waals surface area contributed by atoms with Crippen molar-refractivity contribution in [2.45, 2.75) is 25.1 Å². The normalized spacial score (nSPS) is 18.0. The average molecular weight is 538 g/mol. The Hall–Kier alpha value is -2.36. The minimum atomic E-state index is -3.13. The van der Waals surface area contributed by atoms with E-state index in [1.807, 2.05) is 4.90 Å². The van der Waals surface area contributed by atoms with E-state index in [2.05, 4.69) is 0 Å². The number of halogens is 2. The summed E-state index contributed by atoms with van der Waals surface area (Å²) in [5, 5.41) is 11.7. The molecule has 35 heavy (non-hydrogen) atoms. The fourth-order valence-corrected chi connectivity index (χ4v) is 6.24. The Morgan fingerprint density at radius 1 is 1.17 bits per heavy atom. The smallest absolute Gasteiger partial charge is 0.151 e. The van der Waals surface area contributed by atoms with Crippen molar-refractivity contribution in [3.63, 3.8) is 0 Å². The largest absolute Gasteiger partial charge is 0.491 e. The molecule has 2 heterocycles. The lowest BCUT2D eigenvalue weighted by Crippen LogP contribution is -2.42. The number of aliphatic hydroxyl groups is 1. The number of aldehydes is 1. The number of carbonyl (C=O) groups excluding carboxylic acids is 1. The van der Waals surface area contributed by atoms with Gasteiger partial charge in [0.2, 0.25) is 0 Å². The zero-order valence-corrected chi connectivity index (χ0v) is 21.1. The Morgan fingerprint density at radius 3 is 2.74 bits per heavy atom. The van der Waals surface area contributed by atoms with E-state index >= 15 is 0 Å². The lowest BCUT2D eigenvalue weighted by Gasteiger charge is -2.29. The highest BCUT2D eigenvalue weighted by Gasteiger charge is 2.33. The van der Waals surface area contributed by atoms with E-state index in [0.29, 0.717) is 51.4 Å². The van der Waals surface area contributed by atoms with Gasteiger partial charge in [-0.05, 0) is 48.9 Å². The van der Waals surface area contributed by atoms with Crippen molar-refractivity contribution in [3.8, 4) is 17.1 Å². The molecule has 0 bridgehead atoms. The van der Waals surface area contributed by atoms with Gasteiger partial charge < -0.3 is 14.3 Å². The third-order valence-corrected chi connectivity index (χ3v) is 8.14. The van der Waals surface area contributed by atoms with E-state index < -0.39 is 15.9 Å². The predicted molar refractivity (Wildman–Crippen MR) is 135 cm³/mol. The molecule has 1 fully saturated rings. The van der Waals surface area contributed by atoms with Crippen LogP contribution in [0.3, 0.4) is 0 Å². The number of sulfone groups is 1. The van der Waals surface area contributed by atoms with Crippen molar-refractivity contribution < 1.29 is 27.5 Å². The van der Waals surface area contributed by atoms with E-state index in [-0.39, 0.29) is 30.7 Å². The first-order valence-corrected chi connectivity index (χ1v) is 13.6. The van der Waals surface area contributed by atoms with Crippen molar-refractivity contribution in [2.75, 3.05) is 24.7 Å². The molecule has 0 amide bonds. The number of benzene rings is 2. The molecule has 2 unspecified atom stereocenters. The number of hydrogen-bond acceptors (Lipinski definition) is 7. The van der Waals surface area contributed by atoms with Crippen LogP contribution < -0.4 is 4.74 Å². The van der Waals surface area contributed by atoms with Crippen LogP contribution in [0, 0.1) is 0 Å². The molecular weight excluding hydrogens is 513 g/mol. The quantitative estimate of drug-likeness (QED) is 0.380. The summed E-state index contributed by atoms with van der Waals surface area (Å²) in [5.74, 6) is 1.76. The second kappa shape index (κ2) is 11.1. The Kier molecular flexibility index (Phi) is 8.19. The number of nitrogens with zero attached hydrogens (tertiary/aromatic N) is 1. The highest BCUT2D eigenvalue weighted by molar-refractivity contribution is 7.91. The van der Waals surface area contributed by atoms with Gasteiger partial charge in [-0.3, -0.25) is 9.69 Å². The number of carbonyl (C=O) groups is 1. The van der Waals surface area contributed by atoms with Crippen molar-refractivity contribution in [1.29, 1.82) is 0 Å². The van der Waals surface area contributed by atoms with E-state index in [0.717, 1.165) is 6.29 Å². The SMILES string of the molecule is O=Cc1cccc(OCC(O)CN(Cc2ccc(-c3cc(Cl)ccc3Cl)o2)C2CCS(=O)(=O)C2)c1. The van der Waals surface area contributed by atoms with E-state index in [1.165, 1.54) is 0 Å². The number of furan rings is 1. The summed E-state index contributed by atoms with van der Waals surface area (Å²) in [5.41, 5.74) is 1.13. The molecule has 1 aliphatic heterocycles. The minimum absolute atomic E-state index is 0.0141. The summed E-state index contributed by atoms with van der Waals surface area (Å²) >= 11 is 12.4. The number of ether oxygens (including phenoxy) is 1. The van der Waals surface area contributed by atoms with Crippen molar-refractivity contribution in [2.24, 2.45) is 0 Å². The number of aliphatic hydroxyl groups excluding tert-OH is 1. The van der Waals surface area contributed by atoms with Crippen LogP contribution >= 0.6 is 23.2 Å². The third-order valence-electron chi connectivity index (χ3n) is 5.82. The maximum absolute atomic E-state index is 12.1. The fourth-order valence-electron chi connectivity index (χ4n) is 4.09. The van der Waals surface area contributed by atoms with Gasteiger partial charge in [0.05, 0.1) is 23.1 Å². The van der Waals surface area contributed by atoms with Crippen molar-refractivity contribution >= 4 is 39.3 Å². The molecule has 0 saturated carbocycles. The van der Waals surface area contributed by atoms with Crippen LogP contribution in [0.4, 0.5) is 0 Å². The summed E-state index contributed by atoms with van der Waals surface area (Å²) < 4.78 is 35.9. The molecule has 2 aromatic carbocycles. The molecule has 2 atom stereocenters. The minimum Gasteiger partial charge on any atom is -0.491 e. The number of hydrogen-bond donors (Lipinski definition) is 1. The van der Waals surface area contributed by atoms with Crippen LogP contribution in [-0.4, -0.2) is 61.5 Å². The molecule has 0 radical (unpaired) electrons. The van der Waals surface area contributed by atoms with Gasteiger partial charge in [0, 0.05) is 28.7 Å². The second-order valence-corrected chi connectivity index (χ2v) is 11.6. The zero-order valence-electron chi connectivity index (χ0n) is 18.8. The molecule has 1 saturated heterocycles. The zero-order chi connectivity index (χ0) is 25.0. The van der Waals surface area contributed by atoms with Gasteiger partial charge in [0.25, 0.3) is 0 Å². The number of rotatable bonds is 10. The van der Waals surface area contributed by atoms with Gasteiger partial charge in [0.15, 0.2) is 9.84 Å². The van der Waals surface area contributed by atoms with Crippen LogP contribution in [0.2, 0.25) is 10.0 Å². The molecule has 7 nitrogen and oxygen atoms in total. The van der Waals surface area contributed by atoms with Gasteiger partial charge in [-0.1, -0.05) is 35.3 Å². The lowest BCUT2D eigenvalue weighted by molar-refractivity contribution is 0.0498. The van der Waals surface area contributed by atoms with Crippen LogP contribution in [0.1, 0.15) is 22.5 Å². The maximum atomic E-state index is 12.1. The fraction of sp³-hybridized carbons (Fsp3) is 0.320. The van der Waals surface area contributed by atoms with E-state index in [4.69, 9.17) is 32.4 Å². The van der Waals surface area contributed by atoms with Crippen molar-refractivity contribution in [1.82, 2.24) is 4.90 Å². The van der Waals surface area contributed by atoms with Crippen LogP contribution in [0.15, 0.2) is 59.0 Å². The Morgan fingerprint density at radius 2 is 2.00 bits per heavy atom. The Bertz CT molecular complexity index is 1290. The van der Waals surface area contributed by atoms with Gasteiger partial charge in [0.1, 0.15) is 36.3 Å². The van der Waals surface area contributed by atoms with Gasteiger partial charge >= 0.3 is 0 Å². The molecule has 4 rings (SSSR count). The summed E-state index contributed by atoms with van der Waals surface area (Å²) in [4.78, 5) is 12.9. The summed E-state index contributed by atoms with van der Waals surface area (Å²) in [7, 11) is -3.13. The summed E-state index contributed by atoms with van der Waals surface area (Å²) in [6.07, 6.45) is 0.306. The van der Waals surface area contributed by atoms with Crippen LogP contribution in [0.5, 0.6) is 5.75 Å². The second-order valence-electron chi connectivity index (χ2n) is 8.53. The molecule has 1 aliphatic rings. The summed E-state index contributed by atoms with van der Waals surface area (Å²) in [6, 6.07) is 15.1. The molecule has 1 N–H and O–H groups in total. The van der Waals surface area contributed by atoms with Gasteiger partial charge in [-0.15, -0.1) is 0 Å². The first-order chi connectivity index (χ1) is 16.7. The topological polar surface area (TPSA) is 97.1 Å². The summed E-state index contributed by atoms with van der Waals surface area (Å²) in [6.45, 7) is 0.470. The average Bonchev–Trinajstić information content (AvgIpc) is 3.45. The van der Waals surface area contributed by atoms with E-state index in [1.54, 1.807) is 54.6 Å². The first-order valence-electron chi connectivity index (χ1n) is 11.1. The van der Waals surface area contributed by atoms with Crippen LogP contribution in [-0.2, 0) is 16.4 Å². The first kappa shape index (κ1) is 25.7. The lowest BCUT2D eigenvalue weighted by atomic mass is 10.2. The van der Waals surface area contributed by atoms with E-state index in [9.17, 15) is 18.3 Å². The monoisotopic (exact) mass is 537 g/mol. The Labute approximate surface area is 214 Å². The molecule has 0 spiro atoms. The van der Waals surface area contributed by atoms with Crippen molar-refractivity contribution in [3.05, 3.63) is 76.0 Å². The van der Waals surface area contributed by atoms with Gasteiger partial charge in [-0.2, -0.15) is 0 Å². The molecule has 10 heteroatoms. The molecule has 186 valence electrons. The maximum Gasteiger partial charge on any atom is 0.151 e. The highest BCUT2D eigenvalue weighted by Crippen LogP contribution is 2.32. The standard InChI is InChI=1S/C25H25Cl2NO6S/c26-18-4-6-24(27)23(11-18)25-7-5-22(34-25)13-28(19-8-9-35(31,32)16-19)12-20(30)15-33-21-3-1-2-17(10-21)14-29/h1-7,10-11,14,19-20,30H,8-9,12-13,15-16H2. The Balaban J connectivity index is 1.46. The molecular formula is C25H25Cl2NO6S.